The number of ether oxygens (including phenoxy) is 1. The van der Waals surface area contributed by atoms with Gasteiger partial charge in [0.05, 0.1) is 12.4 Å². The van der Waals surface area contributed by atoms with Crippen LogP contribution in [-0.2, 0) is 18.9 Å². The van der Waals surface area contributed by atoms with Crippen molar-refractivity contribution < 1.29 is 28.7 Å². The summed E-state index contributed by atoms with van der Waals surface area (Å²) < 4.78 is 6.78. The first-order valence-electron chi connectivity index (χ1n) is 11.8. The topological polar surface area (TPSA) is 29.5 Å². The molecule has 0 amide bonds. The molecule has 6 aromatic rings. The number of aliphatic hydroxyl groups excluding tert-OH is 1. The third kappa shape index (κ3) is 6.34. The monoisotopic (exact) mass is 592 g/mol. The van der Waals surface area contributed by atoms with Crippen LogP contribution in [0.4, 0.5) is 0 Å². The van der Waals surface area contributed by atoms with Crippen LogP contribution < -0.4 is 4.74 Å². The Morgan fingerprint density at radius 3 is 1.64 bits per heavy atom. The van der Waals surface area contributed by atoms with Crippen molar-refractivity contribution in [2.24, 2.45) is 0 Å². The van der Waals surface area contributed by atoms with Gasteiger partial charge in [0, 0.05) is 0 Å². The molecule has 0 saturated carbocycles. The maximum absolute atomic E-state index is 8.81. The summed E-state index contributed by atoms with van der Waals surface area (Å²) in [7, 11) is 11.1. The van der Waals surface area contributed by atoms with E-state index in [1.807, 2.05) is 38.1 Å². The molecule has 0 spiro atoms. The third-order valence-electron chi connectivity index (χ3n) is 5.87. The molecule has 0 aromatic heterocycles. The number of fused-ring (bicyclic) bond motifs is 6. The predicted octanol–water partition coefficient (Wildman–Crippen LogP) is 8.92. The molecule has 0 atom stereocenters. The molecule has 6 rings (SSSR count). The van der Waals surface area contributed by atoms with Gasteiger partial charge in [-0.1, -0.05) is 78.2 Å². The van der Waals surface area contributed by atoms with Crippen molar-refractivity contribution in [1.29, 1.82) is 0 Å². The Kier molecular flexibility index (Phi) is 9.51. The Labute approximate surface area is 226 Å². The Morgan fingerprint density at radius 1 is 0.694 bits per heavy atom. The summed E-state index contributed by atoms with van der Waals surface area (Å²) in [4.78, 5) is 0. The minimum absolute atomic E-state index is 0.0383. The van der Waals surface area contributed by atoms with Gasteiger partial charge in [-0.25, -0.2) is 0 Å². The van der Waals surface area contributed by atoms with E-state index < -0.39 is 18.9 Å². The van der Waals surface area contributed by atoms with Crippen LogP contribution in [0.3, 0.4) is 0 Å². The number of benzene rings is 4. The molecule has 0 heterocycles. The zero-order valence-electron chi connectivity index (χ0n) is 20.3. The van der Waals surface area contributed by atoms with Crippen LogP contribution in [-0.4, -0.2) is 21.5 Å². The molecule has 0 unspecified atom stereocenters. The first-order chi connectivity index (χ1) is 17.5. The zero-order valence-corrected chi connectivity index (χ0v) is 24.3. The molecule has 0 fully saturated rings. The molecule has 5 heteroatoms. The molecular formula is C31H28Cl2O2Zr-2. The molecule has 0 bridgehead atoms. The van der Waals surface area contributed by atoms with Crippen LogP contribution in [0.15, 0.2) is 103 Å². The summed E-state index contributed by atoms with van der Waals surface area (Å²) in [5, 5.41) is 19.0. The van der Waals surface area contributed by atoms with Crippen molar-refractivity contribution >= 4 is 63.3 Å². The quantitative estimate of drug-likeness (QED) is 0.207. The summed E-state index contributed by atoms with van der Waals surface area (Å²) in [6.45, 7) is 4.33. The van der Waals surface area contributed by atoms with E-state index in [2.05, 4.69) is 78.9 Å². The van der Waals surface area contributed by atoms with Crippen molar-refractivity contribution in [3.8, 4) is 5.75 Å². The zero-order chi connectivity index (χ0) is 25.5. The third-order valence-corrected chi connectivity index (χ3v) is 12.2. The van der Waals surface area contributed by atoms with Gasteiger partial charge in [0.25, 0.3) is 0 Å². The Bertz CT molecular complexity index is 1560. The van der Waals surface area contributed by atoms with E-state index in [0.717, 1.165) is 11.1 Å². The summed E-state index contributed by atoms with van der Waals surface area (Å²) in [6, 6.07) is 35.7. The van der Waals surface area contributed by atoms with Crippen LogP contribution >= 0.6 is 17.0 Å². The number of rotatable bonds is 3. The van der Waals surface area contributed by atoms with Gasteiger partial charge in [0.1, 0.15) is 6.61 Å². The number of aliphatic hydroxyl groups is 1. The first kappa shape index (κ1) is 26.8. The molecule has 0 aliphatic heterocycles. The van der Waals surface area contributed by atoms with E-state index in [1.165, 1.54) is 40.9 Å². The van der Waals surface area contributed by atoms with Gasteiger partial charge >= 0.3 is 53.0 Å². The van der Waals surface area contributed by atoms with Crippen LogP contribution in [0.25, 0.3) is 43.1 Å². The van der Waals surface area contributed by atoms with Crippen LogP contribution in [0.5, 0.6) is 5.75 Å². The predicted molar refractivity (Wildman–Crippen MR) is 155 cm³/mol. The minimum Gasteiger partial charge on any atom is -0.525 e. The van der Waals surface area contributed by atoms with Gasteiger partial charge in [-0.05, 0) is 0 Å². The Morgan fingerprint density at radius 2 is 1.14 bits per heavy atom. The number of hydrogen-bond acceptors (Lipinski definition) is 2. The van der Waals surface area contributed by atoms with E-state index in [1.54, 1.807) is 0 Å². The average Bonchev–Trinajstić information content (AvgIpc) is 3.47. The standard InChI is InChI=1S/C15H13O2.C13H9.C3H6.2ClH.Zr/c16-8-9-17-15-7-3-6-13-12-5-2-1-4-11(12)10-14(13)15;1-3-7-12-10(5-1)9-11-6-2-4-8-13(11)12;1-3-2;;;/h1-7,10,16H,8-9H2;1-9H;1-2H3;2*1H;/q2*-1;;;;+2/p-2. The molecule has 184 valence electrons. The Balaban J connectivity index is 0.000000142. The van der Waals surface area contributed by atoms with Gasteiger partial charge in [0.2, 0.25) is 0 Å². The smallest absolute Gasteiger partial charge is 0.101 e. The van der Waals surface area contributed by atoms with Gasteiger partial charge in [-0.2, -0.15) is 0 Å². The van der Waals surface area contributed by atoms with Crippen LogP contribution in [0.1, 0.15) is 13.8 Å². The molecule has 1 N–H and O–H groups in total. The second-order valence-electron chi connectivity index (χ2n) is 8.60. The molecule has 6 aromatic carbocycles. The summed E-state index contributed by atoms with van der Waals surface area (Å²) in [5.41, 5.74) is 0. The summed E-state index contributed by atoms with van der Waals surface area (Å²) >= 11 is -1.84. The SMILES string of the molecule is C[C](C)=[Zr]([Cl])[Cl].OCCOc1cccc2c1[cH-]c1ccccc12.c1ccc2c(c1)[cH-]c1ccccc12. The minimum atomic E-state index is -1.84. The summed E-state index contributed by atoms with van der Waals surface area (Å²) in [5.74, 6) is 0.841. The molecule has 0 radical (unpaired) electrons. The van der Waals surface area contributed by atoms with E-state index >= 15 is 0 Å². The second-order valence-corrected chi connectivity index (χ2v) is 18.0. The Hall–Kier alpha value is -2.29. The number of hydrogen-bond donors (Lipinski definition) is 1. The van der Waals surface area contributed by atoms with E-state index in [-0.39, 0.29) is 6.61 Å². The van der Waals surface area contributed by atoms with Crippen molar-refractivity contribution in [2.45, 2.75) is 13.8 Å². The van der Waals surface area contributed by atoms with E-state index in [4.69, 9.17) is 26.9 Å². The average molecular weight is 595 g/mol. The fraction of sp³-hybridized carbons (Fsp3) is 0.129. The largest absolute Gasteiger partial charge is 0.525 e. The van der Waals surface area contributed by atoms with Crippen molar-refractivity contribution in [3.63, 3.8) is 0 Å². The number of halogens is 2. The van der Waals surface area contributed by atoms with Crippen molar-refractivity contribution in [2.75, 3.05) is 13.2 Å². The van der Waals surface area contributed by atoms with E-state index in [0.29, 0.717) is 6.61 Å². The van der Waals surface area contributed by atoms with Gasteiger partial charge in [0.15, 0.2) is 0 Å². The van der Waals surface area contributed by atoms with Gasteiger partial charge in [-0.15, -0.1) is 68.0 Å². The van der Waals surface area contributed by atoms with Crippen molar-refractivity contribution in [3.05, 3.63) is 103 Å². The maximum atomic E-state index is 8.81. The molecule has 0 aliphatic carbocycles. The summed E-state index contributed by atoms with van der Waals surface area (Å²) in [6.07, 6.45) is 0. The first-order valence-corrected chi connectivity index (χ1v) is 19.4. The normalized spacial score (nSPS) is 10.6. The van der Waals surface area contributed by atoms with E-state index in [9.17, 15) is 0 Å². The van der Waals surface area contributed by atoms with Crippen molar-refractivity contribution in [1.82, 2.24) is 0 Å². The van der Waals surface area contributed by atoms with Crippen LogP contribution in [0.2, 0.25) is 0 Å². The molecule has 2 nitrogen and oxygen atoms in total. The molecular weight excluding hydrogens is 566 g/mol. The molecule has 0 aliphatic rings. The fourth-order valence-corrected chi connectivity index (χ4v) is 4.14. The van der Waals surface area contributed by atoms with Crippen LogP contribution in [0, 0.1) is 0 Å². The van der Waals surface area contributed by atoms with Gasteiger partial charge in [-0.3, -0.25) is 0 Å². The fourth-order valence-electron chi connectivity index (χ4n) is 4.14. The molecule has 0 saturated heterocycles. The molecule has 36 heavy (non-hydrogen) atoms. The maximum Gasteiger partial charge on any atom is 0.101 e. The van der Waals surface area contributed by atoms with Gasteiger partial charge < -0.3 is 9.84 Å². The second kappa shape index (κ2) is 12.8.